The minimum atomic E-state index is 0.519. The zero-order chi connectivity index (χ0) is 15.5. The molecule has 2 bridgehead atoms. The quantitative estimate of drug-likeness (QED) is 0.528. The van der Waals surface area contributed by atoms with Crippen molar-refractivity contribution in [3.05, 3.63) is 28.8 Å². The molecule has 1 aromatic rings. The van der Waals surface area contributed by atoms with Gasteiger partial charge in [-0.3, -0.25) is 0 Å². The van der Waals surface area contributed by atoms with Gasteiger partial charge in [0.15, 0.2) is 4.90 Å². The second-order valence-electron chi connectivity index (χ2n) is 7.07. The van der Waals surface area contributed by atoms with E-state index < -0.39 is 0 Å². The van der Waals surface area contributed by atoms with Crippen LogP contribution in [0.3, 0.4) is 0 Å². The van der Waals surface area contributed by atoms with Crippen LogP contribution in [0.5, 0.6) is 0 Å². The van der Waals surface area contributed by atoms with Gasteiger partial charge in [0.1, 0.15) is 10.5 Å². The highest BCUT2D eigenvalue weighted by Gasteiger charge is 2.46. The lowest BCUT2D eigenvalue weighted by molar-refractivity contribution is 0.120. The molecule has 0 radical (unpaired) electrons. The van der Waals surface area contributed by atoms with Gasteiger partial charge in [-0.2, -0.15) is 0 Å². The first-order chi connectivity index (χ1) is 10.7. The fraction of sp³-hybridized carbons (Fsp3) is 0.700. The molecular formula is C20H31OS+. The minimum absolute atomic E-state index is 0.519. The molecule has 2 fully saturated rings. The number of fused-ring (bicyclic) bond motifs is 2. The Morgan fingerprint density at radius 2 is 1.55 bits per heavy atom. The van der Waals surface area contributed by atoms with Crippen LogP contribution >= 0.6 is 0 Å². The molecule has 22 heavy (non-hydrogen) atoms. The average molecular weight is 320 g/mol. The third-order valence-electron chi connectivity index (χ3n) is 5.36. The molecule has 1 aromatic carbocycles. The van der Waals surface area contributed by atoms with E-state index in [4.69, 9.17) is 4.74 Å². The fourth-order valence-electron chi connectivity index (χ4n) is 4.24. The van der Waals surface area contributed by atoms with Crippen molar-refractivity contribution >= 4 is 10.9 Å². The molecule has 0 unspecified atom stereocenters. The highest BCUT2D eigenvalue weighted by atomic mass is 32.2. The summed E-state index contributed by atoms with van der Waals surface area (Å²) in [4.78, 5) is 1.66. The van der Waals surface area contributed by atoms with Crippen LogP contribution in [0.1, 0.15) is 68.6 Å². The maximum absolute atomic E-state index is 5.79. The van der Waals surface area contributed by atoms with Crippen molar-refractivity contribution in [1.82, 2.24) is 0 Å². The Kier molecular flexibility index (Phi) is 5.51. The number of hydrogen-bond donors (Lipinski definition) is 0. The third-order valence-corrected chi connectivity index (χ3v) is 8.52. The van der Waals surface area contributed by atoms with Crippen molar-refractivity contribution in [1.29, 1.82) is 0 Å². The van der Waals surface area contributed by atoms with Gasteiger partial charge < -0.3 is 4.74 Å². The standard InChI is InChI=1S/C20H31OS/c1-4-11-21-14-20-15(2)12-19(13-16(20)3)22-17-7-5-8-18(22)10-6-9-17/h12-13,17-18H,4-11,14H2,1-3H3/q+1. The molecule has 0 amide bonds. The predicted molar refractivity (Wildman–Crippen MR) is 96.8 cm³/mol. The smallest absolute Gasteiger partial charge is 0.155 e. The summed E-state index contributed by atoms with van der Waals surface area (Å²) in [5.41, 5.74) is 4.31. The van der Waals surface area contributed by atoms with Gasteiger partial charge in [-0.15, -0.1) is 0 Å². The van der Waals surface area contributed by atoms with Crippen molar-refractivity contribution in [2.45, 2.75) is 87.7 Å². The molecule has 2 saturated heterocycles. The van der Waals surface area contributed by atoms with Gasteiger partial charge in [0.05, 0.1) is 6.61 Å². The summed E-state index contributed by atoms with van der Waals surface area (Å²) in [6.07, 6.45) is 9.93. The molecule has 0 atom stereocenters. The molecule has 0 spiro atoms. The van der Waals surface area contributed by atoms with Crippen LogP contribution in [0.4, 0.5) is 0 Å². The molecule has 0 aromatic heterocycles. The normalized spacial score (nSPS) is 27.9. The second kappa shape index (κ2) is 7.40. The highest BCUT2D eigenvalue weighted by Crippen LogP contribution is 2.42. The van der Waals surface area contributed by atoms with Crippen LogP contribution in [0.25, 0.3) is 0 Å². The Balaban J connectivity index is 1.82. The summed E-state index contributed by atoms with van der Waals surface area (Å²) in [5, 5.41) is 1.96. The van der Waals surface area contributed by atoms with E-state index in [1.54, 1.807) is 4.90 Å². The van der Waals surface area contributed by atoms with E-state index in [1.165, 1.54) is 55.2 Å². The third kappa shape index (κ3) is 3.38. The Morgan fingerprint density at radius 3 is 2.05 bits per heavy atom. The largest absolute Gasteiger partial charge is 0.377 e. The summed E-state index contributed by atoms with van der Waals surface area (Å²) in [5.74, 6) is 0. The van der Waals surface area contributed by atoms with E-state index in [9.17, 15) is 0 Å². The van der Waals surface area contributed by atoms with Crippen molar-refractivity contribution in [3.8, 4) is 0 Å². The van der Waals surface area contributed by atoms with Crippen LogP contribution in [-0.2, 0) is 22.2 Å². The molecule has 2 aliphatic rings. The van der Waals surface area contributed by atoms with Gasteiger partial charge in [0.2, 0.25) is 0 Å². The molecule has 3 rings (SSSR count). The van der Waals surface area contributed by atoms with E-state index in [-0.39, 0.29) is 0 Å². The molecule has 0 saturated carbocycles. The first-order valence-corrected chi connectivity index (χ1v) is 10.5. The van der Waals surface area contributed by atoms with Crippen LogP contribution in [-0.4, -0.2) is 17.1 Å². The monoisotopic (exact) mass is 319 g/mol. The molecule has 0 aliphatic carbocycles. The van der Waals surface area contributed by atoms with Gasteiger partial charge in [0, 0.05) is 17.5 Å². The number of aryl methyl sites for hydroxylation is 2. The van der Waals surface area contributed by atoms with Crippen LogP contribution in [0.15, 0.2) is 17.0 Å². The number of ether oxygens (including phenoxy) is 1. The van der Waals surface area contributed by atoms with E-state index in [0.29, 0.717) is 10.9 Å². The number of rotatable bonds is 5. The Morgan fingerprint density at radius 1 is 1.00 bits per heavy atom. The van der Waals surface area contributed by atoms with Crippen molar-refractivity contribution in [2.24, 2.45) is 0 Å². The first kappa shape index (κ1) is 16.4. The Labute approximate surface area is 139 Å². The lowest BCUT2D eigenvalue weighted by Crippen LogP contribution is -2.40. The summed E-state index contributed by atoms with van der Waals surface area (Å²) in [6, 6.07) is 4.99. The summed E-state index contributed by atoms with van der Waals surface area (Å²) in [6.45, 7) is 8.39. The van der Waals surface area contributed by atoms with Gasteiger partial charge >= 0.3 is 0 Å². The van der Waals surface area contributed by atoms with Crippen LogP contribution < -0.4 is 0 Å². The average Bonchev–Trinajstić information content (AvgIpc) is 2.49. The maximum atomic E-state index is 5.79. The molecular weight excluding hydrogens is 288 g/mol. The van der Waals surface area contributed by atoms with Crippen molar-refractivity contribution in [3.63, 3.8) is 0 Å². The number of hydrogen-bond acceptors (Lipinski definition) is 1. The fourth-order valence-corrected chi connectivity index (χ4v) is 7.86. The van der Waals surface area contributed by atoms with Crippen LogP contribution in [0.2, 0.25) is 0 Å². The molecule has 1 nitrogen and oxygen atoms in total. The summed E-state index contributed by atoms with van der Waals surface area (Å²) >= 11 is 0. The van der Waals surface area contributed by atoms with Gasteiger partial charge in [0.25, 0.3) is 0 Å². The first-order valence-electron chi connectivity index (χ1n) is 9.10. The lowest BCUT2D eigenvalue weighted by Gasteiger charge is -2.34. The molecule has 2 heteroatoms. The molecule has 122 valence electrons. The SMILES string of the molecule is CCCOCc1c(C)cc([S+]2C3CCCC2CCC3)cc1C. The molecule has 0 N–H and O–H groups in total. The van der Waals surface area contributed by atoms with E-state index in [1.807, 2.05) is 0 Å². The Bertz CT molecular complexity index is 465. The van der Waals surface area contributed by atoms with Crippen molar-refractivity contribution < 1.29 is 4.74 Å². The zero-order valence-corrected chi connectivity index (χ0v) is 15.3. The van der Waals surface area contributed by atoms with Crippen LogP contribution in [0, 0.1) is 13.8 Å². The topological polar surface area (TPSA) is 9.23 Å². The highest BCUT2D eigenvalue weighted by molar-refractivity contribution is 7.98. The summed E-state index contributed by atoms with van der Waals surface area (Å²) in [7, 11) is 0.519. The van der Waals surface area contributed by atoms with E-state index >= 15 is 0 Å². The maximum Gasteiger partial charge on any atom is 0.155 e. The minimum Gasteiger partial charge on any atom is -0.377 e. The van der Waals surface area contributed by atoms with Gasteiger partial charge in [-0.25, -0.2) is 0 Å². The lowest BCUT2D eigenvalue weighted by atomic mass is 9.99. The van der Waals surface area contributed by atoms with Gasteiger partial charge in [-0.1, -0.05) is 6.92 Å². The Hall–Kier alpha value is -0.470. The molecule has 2 heterocycles. The predicted octanol–water partition coefficient (Wildman–Crippen LogP) is 5.31. The second-order valence-corrected chi connectivity index (χ2v) is 9.61. The van der Waals surface area contributed by atoms with E-state index in [2.05, 4.69) is 32.9 Å². The number of benzene rings is 1. The zero-order valence-electron chi connectivity index (χ0n) is 14.5. The van der Waals surface area contributed by atoms with Gasteiger partial charge in [-0.05, 0) is 87.6 Å². The molecule has 2 aliphatic heterocycles. The summed E-state index contributed by atoms with van der Waals surface area (Å²) < 4.78 is 5.79. The van der Waals surface area contributed by atoms with Crippen molar-refractivity contribution in [2.75, 3.05) is 6.61 Å². The van der Waals surface area contributed by atoms with E-state index in [0.717, 1.165) is 30.1 Å².